The molecule has 1 aliphatic rings. The van der Waals surface area contributed by atoms with Crippen molar-refractivity contribution in [2.24, 2.45) is 0 Å². The summed E-state index contributed by atoms with van der Waals surface area (Å²) in [4.78, 5) is 10.7. The maximum atomic E-state index is 11.1. The second kappa shape index (κ2) is 4.76. The summed E-state index contributed by atoms with van der Waals surface area (Å²) in [6.45, 7) is 5.27. The number of nitrogens with one attached hydrogen (secondary N) is 1. The molecule has 8 nitrogen and oxygen atoms in total. The molecule has 0 amide bonds. The van der Waals surface area contributed by atoms with E-state index in [1.165, 1.54) is 0 Å². The van der Waals surface area contributed by atoms with Crippen LogP contribution in [-0.4, -0.2) is 29.5 Å². The smallest absolute Gasteiger partial charge is 0.299 e. The average Bonchev–Trinajstić information content (AvgIpc) is 3.10. The third-order valence-corrected chi connectivity index (χ3v) is 4.14. The van der Waals surface area contributed by atoms with Crippen LogP contribution in [0.3, 0.4) is 0 Å². The molecule has 2 aromatic rings. The Hall–Kier alpha value is -2.03. The summed E-state index contributed by atoms with van der Waals surface area (Å²) < 4.78 is 4.25. The van der Waals surface area contributed by atoms with Crippen LogP contribution in [0.1, 0.15) is 49.1 Å². The molecule has 0 bridgehead atoms. The zero-order valence-electron chi connectivity index (χ0n) is 12.0. The highest BCUT2D eigenvalue weighted by molar-refractivity contribution is 7.71. The summed E-state index contributed by atoms with van der Waals surface area (Å²) >= 11 is 5.27. The van der Waals surface area contributed by atoms with E-state index in [0.29, 0.717) is 22.2 Å². The summed E-state index contributed by atoms with van der Waals surface area (Å²) in [5.41, 5.74) is 1.01. The highest BCUT2D eigenvalue weighted by Gasteiger charge is 2.31. The fraction of sp³-hybridized carbons (Fsp3) is 0.583. The van der Waals surface area contributed by atoms with Crippen LogP contribution in [0.15, 0.2) is 0 Å². The van der Waals surface area contributed by atoms with Crippen LogP contribution < -0.4 is 0 Å². The highest BCUT2D eigenvalue weighted by atomic mass is 32.1. The predicted molar refractivity (Wildman–Crippen MR) is 77.9 cm³/mol. The Bertz CT molecular complexity index is 769. The summed E-state index contributed by atoms with van der Waals surface area (Å²) in [5, 5.41) is 22.5. The van der Waals surface area contributed by atoms with Crippen LogP contribution in [0.5, 0.6) is 0 Å². The van der Waals surface area contributed by atoms with E-state index in [4.69, 9.17) is 12.2 Å². The first kappa shape index (κ1) is 13.9. The molecule has 1 fully saturated rings. The lowest BCUT2D eigenvalue weighted by molar-refractivity contribution is -0.386. The number of H-pyrrole nitrogens is 1. The highest BCUT2D eigenvalue weighted by Crippen LogP contribution is 2.37. The predicted octanol–water partition coefficient (Wildman–Crippen LogP) is 2.61. The second-order valence-corrected chi connectivity index (χ2v) is 5.77. The first-order valence-corrected chi connectivity index (χ1v) is 7.19. The van der Waals surface area contributed by atoms with Crippen molar-refractivity contribution >= 4 is 17.9 Å². The summed E-state index contributed by atoms with van der Waals surface area (Å²) in [6.07, 6.45) is 2.18. The van der Waals surface area contributed by atoms with E-state index in [1.807, 2.05) is 11.5 Å². The number of rotatable bonds is 4. The van der Waals surface area contributed by atoms with Crippen LogP contribution in [0.4, 0.5) is 5.69 Å². The molecule has 0 aromatic carbocycles. The topological polar surface area (TPSA) is 94.6 Å². The average molecular weight is 308 g/mol. The van der Waals surface area contributed by atoms with Gasteiger partial charge in [0.15, 0.2) is 10.6 Å². The molecule has 0 saturated heterocycles. The van der Waals surface area contributed by atoms with Crippen LogP contribution >= 0.6 is 12.2 Å². The van der Waals surface area contributed by atoms with Gasteiger partial charge in [-0.1, -0.05) is 0 Å². The Morgan fingerprint density at radius 3 is 2.67 bits per heavy atom. The molecule has 0 radical (unpaired) electrons. The Labute approximate surface area is 125 Å². The number of hydrogen-bond acceptors (Lipinski definition) is 5. The van der Waals surface area contributed by atoms with E-state index < -0.39 is 0 Å². The zero-order valence-corrected chi connectivity index (χ0v) is 12.8. The molecule has 9 heteroatoms. The normalized spacial score (nSPS) is 16.1. The van der Waals surface area contributed by atoms with Gasteiger partial charge in [-0.2, -0.15) is 10.2 Å². The molecule has 21 heavy (non-hydrogen) atoms. The molecule has 112 valence electrons. The quantitative estimate of drug-likeness (QED) is 0.532. The van der Waals surface area contributed by atoms with Gasteiger partial charge in [-0.3, -0.25) is 24.5 Å². The molecular weight excluding hydrogens is 292 g/mol. The van der Waals surface area contributed by atoms with Crippen molar-refractivity contribution in [2.45, 2.75) is 45.7 Å². The maximum absolute atomic E-state index is 11.1. The molecule has 2 heterocycles. The number of aryl methyl sites for hydroxylation is 1. The first-order chi connectivity index (χ1) is 9.91. The standard InChI is InChI=1S/C12H16N6O2S/c1-6-10(18(19)20)7(2)17(15-6)8(3)11-13-14-12(21)16(11)9-4-5-9/h8-9H,4-5H2,1-3H3,(H,14,21). The summed E-state index contributed by atoms with van der Waals surface area (Å²) in [7, 11) is 0. The Balaban J connectivity index is 2.07. The van der Waals surface area contributed by atoms with Gasteiger partial charge in [-0.05, 0) is 45.8 Å². The Morgan fingerprint density at radius 1 is 1.48 bits per heavy atom. The zero-order chi connectivity index (χ0) is 15.3. The molecule has 0 spiro atoms. The molecule has 2 aromatic heterocycles. The summed E-state index contributed by atoms with van der Waals surface area (Å²) in [6, 6.07) is 0.173. The Kier molecular flexibility index (Phi) is 3.16. The van der Waals surface area contributed by atoms with Gasteiger partial charge in [0.1, 0.15) is 17.4 Å². The minimum absolute atomic E-state index is 0.0638. The first-order valence-electron chi connectivity index (χ1n) is 6.78. The SMILES string of the molecule is Cc1nn(C(C)c2n[nH]c(=S)n2C2CC2)c(C)c1[N+](=O)[O-]. The van der Waals surface area contributed by atoms with Gasteiger partial charge in [-0.15, -0.1) is 0 Å². The maximum Gasteiger partial charge on any atom is 0.312 e. The molecule has 1 atom stereocenters. The molecule has 3 rings (SSSR count). The van der Waals surface area contributed by atoms with Gasteiger partial charge >= 0.3 is 5.69 Å². The van der Waals surface area contributed by atoms with E-state index in [1.54, 1.807) is 18.5 Å². The van der Waals surface area contributed by atoms with Crippen molar-refractivity contribution < 1.29 is 4.92 Å². The van der Waals surface area contributed by atoms with Crippen LogP contribution in [0.2, 0.25) is 0 Å². The number of aromatic nitrogens is 5. The van der Waals surface area contributed by atoms with Crippen molar-refractivity contribution in [1.29, 1.82) is 0 Å². The monoisotopic (exact) mass is 308 g/mol. The van der Waals surface area contributed by atoms with E-state index in [2.05, 4.69) is 15.3 Å². The molecule has 1 aliphatic carbocycles. The largest absolute Gasteiger partial charge is 0.312 e. The van der Waals surface area contributed by atoms with Crippen molar-refractivity contribution in [3.05, 3.63) is 32.1 Å². The van der Waals surface area contributed by atoms with Crippen molar-refractivity contribution in [3.8, 4) is 0 Å². The van der Waals surface area contributed by atoms with E-state index in [0.717, 1.165) is 18.7 Å². The Morgan fingerprint density at radius 2 is 2.14 bits per heavy atom. The van der Waals surface area contributed by atoms with Gasteiger partial charge in [0.25, 0.3) is 0 Å². The van der Waals surface area contributed by atoms with E-state index in [-0.39, 0.29) is 16.7 Å². The number of aromatic amines is 1. The van der Waals surface area contributed by atoms with Crippen molar-refractivity contribution in [3.63, 3.8) is 0 Å². The molecule has 0 aliphatic heterocycles. The van der Waals surface area contributed by atoms with Crippen LogP contribution in [0, 0.1) is 28.7 Å². The molecule has 1 unspecified atom stereocenters. The van der Waals surface area contributed by atoms with Crippen molar-refractivity contribution in [2.75, 3.05) is 0 Å². The van der Waals surface area contributed by atoms with Gasteiger partial charge in [0, 0.05) is 6.04 Å². The molecule has 1 N–H and O–H groups in total. The minimum Gasteiger partial charge on any atom is -0.299 e. The lowest BCUT2D eigenvalue weighted by atomic mass is 10.3. The lowest BCUT2D eigenvalue weighted by Crippen LogP contribution is -2.16. The lowest BCUT2D eigenvalue weighted by Gasteiger charge is -2.14. The molecular formula is C12H16N6O2S. The van der Waals surface area contributed by atoms with Gasteiger partial charge in [0.05, 0.1) is 4.92 Å². The third-order valence-electron chi connectivity index (χ3n) is 3.85. The minimum atomic E-state index is -0.390. The fourth-order valence-electron chi connectivity index (χ4n) is 2.70. The van der Waals surface area contributed by atoms with Gasteiger partial charge in [-0.25, -0.2) is 0 Å². The van der Waals surface area contributed by atoms with Crippen LogP contribution in [-0.2, 0) is 0 Å². The van der Waals surface area contributed by atoms with Gasteiger partial charge < -0.3 is 0 Å². The third kappa shape index (κ3) is 2.17. The van der Waals surface area contributed by atoms with Crippen molar-refractivity contribution in [1.82, 2.24) is 24.5 Å². The summed E-state index contributed by atoms with van der Waals surface area (Å²) in [5.74, 6) is 0.767. The molecule has 1 saturated carbocycles. The number of hydrogen-bond donors (Lipinski definition) is 1. The van der Waals surface area contributed by atoms with E-state index >= 15 is 0 Å². The number of nitro groups is 1. The number of nitrogens with zero attached hydrogens (tertiary/aromatic N) is 5. The fourth-order valence-corrected chi connectivity index (χ4v) is 2.99. The van der Waals surface area contributed by atoms with Crippen LogP contribution in [0.25, 0.3) is 0 Å². The van der Waals surface area contributed by atoms with E-state index in [9.17, 15) is 10.1 Å². The second-order valence-electron chi connectivity index (χ2n) is 5.39. The van der Waals surface area contributed by atoms with Gasteiger partial charge in [0.2, 0.25) is 0 Å².